The first-order chi connectivity index (χ1) is 12.7. The van der Waals surface area contributed by atoms with E-state index in [2.05, 4.69) is 5.32 Å². The number of amides is 1. The van der Waals surface area contributed by atoms with Gasteiger partial charge in [0.05, 0.1) is 5.75 Å². The zero-order chi connectivity index (χ0) is 18.2. The highest BCUT2D eigenvalue weighted by atomic mass is 35.5. The van der Waals surface area contributed by atoms with E-state index < -0.39 is 0 Å². The first-order valence-electron chi connectivity index (χ1n) is 8.14. The molecule has 0 atom stereocenters. The predicted molar refractivity (Wildman–Crippen MR) is 108 cm³/mol. The molecule has 1 N–H and O–H groups in total. The molecule has 3 aromatic carbocycles. The summed E-state index contributed by atoms with van der Waals surface area (Å²) in [5.74, 6) is 1.05. The van der Waals surface area contributed by atoms with Gasteiger partial charge in [-0.2, -0.15) is 0 Å². The van der Waals surface area contributed by atoms with Crippen LogP contribution in [0, 0.1) is 0 Å². The third kappa shape index (κ3) is 5.83. The SMILES string of the molecule is O=C(CSc1ccc(Cl)cc1)Nc1ccc(OCc2ccccc2)cc1. The Balaban J connectivity index is 1.45. The molecule has 0 saturated heterocycles. The van der Waals surface area contributed by atoms with E-state index in [1.807, 2.05) is 78.9 Å². The van der Waals surface area contributed by atoms with Crippen LogP contribution >= 0.6 is 23.4 Å². The molecule has 0 aliphatic heterocycles. The predicted octanol–water partition coefficient (Wildman–Crippen LogP) is 5.65. The Labute approximate surface area is 162 Å². The summed E-state index contributed by atoms with van der Waals surface area (Å²) in [5, 5.41) is 3.57. The molecule has 3 aromatic rings. The Hall–Kier alpha value is -2.43. The third-order valence-electron chi connectivity index (χ3n) is 3.57. The maximum absolute atomic E-state index is 12.1. The Morgan fingerprint density at radius 2 is 1.62 bits per heavy atom. The second-order valence-electron chi connectivity index (χ2n) is 5.59. The van der Waals surface area contributed by atoms with E-state index in [4.69, 9.17) is 16.3 Å². The van der Waals surface area contributed by atoms with Crippen molar-refractivity contribution in [2.45, 2.75) is 11.5 Å². The molecule has 0 aliphatic carbocycles. The van der Waals surface area contributed by atoms with Crippen LogP contribution in [-0.2, 0) is 11.4 Å². The molecular weight excluding hydrogens is 366 g/mol. The van der Waals surface area contributed by atoms with Crippen molar-refractivity contribution < 1.29 is 9.53 Å². The van der Waals surface area contributed by atoms with Gasteiger partial charge in [-0.3, -0.25) is 4.79 Å². The number of hydrogen-bond acceptors (Lipinski definition) is 3. The average Bonchev–Trinajstić information content (AvgIpc) is 2.68. The van der Waals surface area contributed by atoms with Gasteiger partial charge in [0, 0.05) is 15.6 Å². The van der Waals surface area contributed by atoms with E-state index >= 15 is 0 Å². The van der Waals surface area contributed by atoms with Gasteiger partial charge < -0.3 is 10.1 Å². The summed E-state index contributed by atoms with van der Waals surface area (Å²) >= 11 is 7.32. The maximum Gasteiger partial charge on any atom is 0.234 e. The Morgan fingerprint density at radius 1 is 0.923 bits per heavy atom. The molecule has 0 spiro atoms. The molecule has 0 unspecified atom stereocenters. The number of carbonyl (C=O) groups excluding carboxylic acids is 1. The summed E-state index contributed by atoms with van der Waals surface area (Å²) in [6.45, 7) is 0.518. The summed E-state index contributed by atoms with van der Waals surface area (Å²) < 4.78 is 5.74. The molecule has 0 radical (unpaired) electrons. The summed E-state index contributed by atoms with van der Waals surface area (Å²) in [7, 11) is 0. The molecule has 3 nitrogen and oxygen atoms in total. The van der Waals surface area contributed by atoms with Crippen LogP contribution in [0.5, 0.6) is 5.75 Å². The fourth-order valence-electron chi connectivity index (χ4n) is 2.25. The van der Waals surface area contributed by atoms with Crippen LogP contribution in [0.3, 0.4) is 0 Å². The Morgan fingerprint density at radius 3 is 2.31 bits per heavy atom. The van der Waals surface area contributed by atoms with E-state index in [9.17, 15) is 4.79 Å². The van der Waals surface area contributed by atoms with E-state index in [1.54, 1.807) is 0 Å². The van der Waals surface area contributed by atoms with E-state index in [0.29, 0.717) is 17.4 Å². The van der Waals surface area contributed by atoms with Gasteiger partial charge >= 0.3 is 0 Å². The van der Waals surface area contributed by atoms with E-state index in [-0.39, 0.29) is 5.91 Å². The van der Waals surface area contributed by atoms with E-state index in [0.717, 1.165) is 21.9 Å². The first-order valence-corrected chi connectivity index (χ1v) is 9.50. The number of thioether (sulfide) groups is 1. The molecule has 0 aromatic heterocycles. The monoisotopic (exact) mass is 383 g/mol. The second kappa shape index (κ2) is 9.32. The minimum atomic E-state index is -0.0529. The molecule has 3 rings (SSSR count). The maximum atomic E-state index is 12.1. The van der Waals surface area contributed by atoms with Crippen LogP contribution in [-0.4, -0.2) is 11.7 Å². The molecule has 1 amide bonds. The molecule has 0 heterocycles. The van der Waals surface area contributed by atoms with Crippen LogP contribution in [0.2, 0.25) is 5.02 Å². The van der Waals surface area contributed by atoms with Crippen molar-refractivity contribution in [3.05, 3.63) is 89.4 Å². The highest BCUT2D eigenvalue weighted by Crippen LogP contribution is 2.21. The lowest BCUT2D eigenvalue weighted by Crippen LogP contribution is -2.13. The zero-order valence-corrected chi connectivity index (χ0v) is 15.6. The highest BCUT2D eigenvalue weighted by Gasteiger charge is 2.04. The standard InChI is InChI=1S/C21H18ClNO2S/c22-17-6-12-20(13-7-17)26-15-21(24)23-18-8-10-19(11-9-18)25-14-16-4-2-1-3-5-16/h1-13H,14-15H2,(H,23,24). The molecule has 5 heteroatoms. The third-order valence-corrected chi connectivity index (χ3v) is 4.83. The van der Waals surface area contributed by atoms with Crippen LogP contribution in [0.1, 0.15) is 5.56 Å². The topological polar surface area (TPSA) is 38.3 Å². The summed E-state index contributed by atoms with van der Waals surface area (Å²) in [4.78, 5) is 13.1. The normalized spacial score (nSPS) is 10.3. The molecule has 0 fully saturated rings. The smallest absolute Gasteiger partial charge is 0.234 e. The van der Waals surface area contributed by atoms with Gasteiger partial charge in [0.25, 0.3) is 0 Å². The average molecular weight is 384 g/mol. The van der Waals surface area contributed by atoms with Gasteiger partial charge in [-0.05, 0) is 54.1 Å². The summed E-state index contributed by atoms with van der Waals surface area (Å²) in [5.41, 5.74) is 1.86. The van der Waals surface area contributed by atoms with Gasteiger partial charge in [-0.15, -0.1) is 11.8 Å². The number of rotatable bonds is 7. The number of benzene rings is 3. The molecule has 0 bridgehead atoms. The minimum absolute atomic E-state index is 0.0529. The van der Waals surface area contributed by atoms with Gasteiger partial charge in [0.1, 0.15) is 12.4 Å². The highest BCUT2D eigenvalue weighted by molar-refractivity contribution is 8.00. The van der Waals surface area contributed by atoms with Crippen LogP contribution in [0.25, 0.3) is 0 Å². The van der Waals surface area contributed by atoms with E-state index in [1.165, 1.54) is 11.8 Å². The lowest BCUT2D eigenvalue weighted by atomic mass is 10.2. The van der Waals surface area contributed by atoms with Gasteiger partial charge in [0.2, 0.25) is 5.91 Å². The van der Waals surface area contributed by atoms with Gasteiger partial charge in [-0.25, -0.2) is 0 Å². The van der Waals surface area contributed by atoms with Crippen molar-refractivity contribution in [3.8, 4) is 5.75 Å². The Bertz CT molecular complexity index is 836. The first kappa shape index (κ1) is 18.4. The van der Waals surface area contributed by atoms with Crippen LogP contribution in [0.4, 0.5) is 5.69 Å². The molecule has 0 saturated carbocycles. The number of hydrogen-bond donors (Lipinski definition) is 1. The van der Waals surface area contributed by atoms with Crippen LogP contribution < -0.4 is 10.1 Å². The van der Waals surface area contributed by atoms with Crippen molar-refractivity contribution >= 4 is 35.0 Å². The van der Waals surface area contributed by atoms with Gasteiger partial charge in [-0.1, -0.05) is 41.9 Å². The fourth-order valence-corrected chi connectivity index (χ4v) is 3.08. The number of halogens is 1. The lowest BCUT2D eigenvalue weighted by molar-refractivity contribution is -0.113. The molecule has 26 heavy (non-hydrogen) atoms. The number of carbonyl (C=O) groups is 1. The van der Waals surface area contributed by atoms with Crippen molar-refractivity contribution in [2.75, 3.05) is 11.1 Å². The largest absolute Gasteiger partial charge is 0.489 e. The summed E-state index contributed by atoms with van der Waals surface area (Å²) in [6, 6.07) is 24.8. The number of anilines is 1. The summed E-state index contributed by atoms with van der Waals surface area (Å²) in [6.07, 6.45) is 0. The van der Waals surface area contributed by atoms with Crippen molar-refractivity contribution in [3.63, 3.8) is 0 Å². The van der Waals surface area contributed by atoms with Crippen molar-refractivity contribution in [1.29, 1.82) is 0 Å². The van der Waals surface area contributed by atoms with Gasteiger partial charge in [0.15, 0.2) is 0 Å². The molecular formula is C21H18ClNO2S. The lowest BCUT2D eigenvalue weighted by Gasteiger charge is -2.08. The second-order valence-corrected chi connectivity index (χ2v) is 7.07. The quantitative estimate of drug-likeness (QED) is 0.536. The Kier molecular flexibility index (Phi) is 6.58. The number of ether oxygens (including phenoxy) is 1. The molecule has 0 aliphatic rings. The minimum Gasteiger partial charge on any atom is -0.489 e. The van der Waals surface area contributed by atoms with Crippen molar-refractivity contribution in [2.24, 2.45) is 0 Å². The van der Waals surface area contributed by atoms with Crippen LogP contribution in [0.15, 0.2) is 83.8 Å². The van der Waals surface area contributed by atoms with Crippen molar-refractivity contribution in [1.82, 2.24) is 0 Å². The fraction of sp³-hybridized carbons (Fsp3) is 0.0952. The zero-order valence-electron chi connectivity index (χ0n) is 14.0. The number of nitrogens with one attached hydrogen (secondary N) is 1. The molecule has 132 valence electrons.